The molecule has 1 amide bonds. The van der Waals surface area contributed by atoms with E-state index in [9.17, 15) is 4.79 Å². The average molecular weight is 429 g/mol. The van der Waals surface area contributed by atoms with Gasteiger partial charge in [-0.05, 0) is 74.2 Å². The summed E-state index contributed by atoms with van der Waals surface area (Å²) < 4.78 is 0. The van der Waals surface area contributed by atoms with Gasteiger partial charge in [-0.25, -0.2) is 0 Å². The van der Waals surface area contributed by atoms with Crippen molar-refractivity contribution in [2.75, 3.05) is 19.6 Å². The Morgan fingerprint density at radius 1 is 1.33 bits per heavy atom. The third kappa shape index (κ3) is 5.06. The number of hydrogen-bond acceptors (Lipinski definition) is 3. The molecular formula is C24H33ClN4O. The Kier molecular flexibility index (Phi) is 6.49. The normalized spacial score (nSPS) is 21.0. The van der Waals surface area contributed by atoms with Crippen molar-refractivity contribution >= 4 is 17.5 Å². The predicted molar refractivity (Wildman–Crippen MR) is 121 cm³/mol. The van der Waals surface area contributed by atoms with E-state index in [1.807, 2.05) is 24.3 Å². The summed E-state index contributed by atoms with van der Waals surface area (Å²) in [6.45, 7) is 8.23. The minimum Gasteiger partial charge on any atom is -0.355 e. The van der Waals surface area contributed by atoms with E-state index < -0.39 is 0 Å². The summed E-state index contributed by atoms with van der Waals surface area (Å²) in [6, 6.07) is 9.95. The number of carbonyl (C=O) groups excluding carboxylic acids is 1. The van der Waals surface area contributed by atoms with E-state index >= 15 is 0 Å². The van der Waals surface area contributed by atoms with Crippen molar-refractivity contribution in [1.82, 2.24) is 20.4 Å². The fraction of sp³-hybridized carbons (Fsp3) is 0.583. The fourth-order valence-electron chi connectivity index (χ4n) is 4.66. The number of halogens is 1. The molecule has 0 bridgehead atoms. The molecule has 2 N–H and O–H groups in total. The standard InChI is InChI=1S/C24H33ClN4O/c1-17(2)12-21-13-22(28-27-21)16-29-11-3-4-18(15-29)14-26-23(30)24(9-10-24)19-5-7-20(25)8-6-19/h5-8,13,17-18H,3-4,9-12,14-16H2,1-2H3,(H,26,30)(H,27,28)/t18-/m1/s1. The first-order chi connectivity index (χ1) is 14.4. The van der Waals surface area contributed by atoms with E-state index in [2.05, 4.69) is 40.3 Å². The Labute approximate surface area is 184 Å². The molecule has 6 heteroatoms. The molecule has 4 rings (SSSR count). The smallest absolute Gasteiger partial charge is 0.230 e. The summed E-state index contributed by atoms with van der Waals surface area (Å²) in [4.78, 5) is 15.4. The lowest BCUT2D eigenvalue weighted by atomic mass is 9.93. The summed E-state index contributed by atoms with van der Waals surface area (Å²) in [5.41, 5.74) is 3.10. The number of nitrogens with zero attached hydrogens (tertiary/aromatic N) is 2. The zero-order valence-corrected chi connectivity index (χ0v) is 18.8. The van der Waals surface area contributed by atoms with Crippen LogP contribution in [0.3, 0.4) is 0 Å². The van der Waals surface area contributed by atoms with Crippen LogP contribution in [0.25, 0.3) is 0 Å². The zero-order valence-electron chi connectivity index (χ0n) is 18.1. The minimum atomic E-state index is -0.332. The number of H-pyrrole nitrogens is 1. The second-order valence-corrected chi connectivity index (χ2v) is 9.96. The fourth-order valence-corrected chi connectivity index (χ4v) is 4.79. The SMILES string of the molecule is CC(C)Cc1cc(CN2CCC[C@H](CNC(=O)C3(c4ccc(Cl)cc4)CC3)C2)[nH]n1. The monoisotopic (exact) mass is 428 g/mol. The first-order valence-electron chi connectivity index (χ1n) is 11.2. The molecule has 0 radical (unpaired) electrons. The van der Waals surface area contributed by atoms with Gasteiger partial charge >= 0.3 is 0 Å². The van der Waals surface area contributed by atoms with Gasteiger partial charge in [0, 0.05) is 30.4 Å². The molecule has 2 aromatic rings. The maximum atomic E-state index is 12.9. The van der Waals surface area contributed by atoms with Crippen molar-refractivity contribution in [2.45, 2.75) is 57.9 Å². The van der Waals surface area contributed by atoms with Crippen LogP contribution < -0.4 is 5.32 Å². The number of aromatic amines is 1. The molecule has 1 atom stereocenters. The van der Waals surface area contributed by atoms with Gasteiger partial charge in [-0.15, -0.1) is 0 Å². The summed E-state index contributed by atoms with van der Waals surface area (Å²) in [6.07, 6.45) is 5.22. The summed E-state index contributed by atoms with van der Waals surface area (Å²) >= 11 is 6.01. The second kappa shape index (κ2) is 9.11. The number of amides is 1. The van der Waals surface area contributed by atoms with Crippen LogP contribution in [-0.2, 0) is 23.2 Å². The lowest BCUT2D eigenvalue weighted by Crippen LogP contribution is -2.43. The Balaban J connectivity index is 1.27. The predicted octanol–water partition coefficient (Wildman–Crippen LogP) is 4.32. The molecule has 1 aliphatic heterocycles. The Morgan fingerprint density at radius 3 is 2.80 bits per heavy atom. The molecule has 1 saturated heterocycles. The quantitative estimate of drug-likeness (QED) is 0.658. The number of benzene rings is 1. The van der Waals surface area contributed by atoms with Crippen molar-refractivity contribution in [2.24, 2.45) is 11.8 Å². The second-order valence-electron chi connectivity index (χ2n) is 9.52. The summed E-state index contributed by atoms with van der Waals surface area (Å²) in [5.74, 6) is 1.29. The van der Waals surface area contributed by atoms with E-state index in [1.165, 1.54) is 18.5 Å². The third-order valence-corrected chi connectivity index (χ3v) is 6.68. The number of likely N-dealkylation sites (tertiary alicyclic amines) is 1. The van der Waals surface area contributed by atoms with Gasteiger partial charge in [0.1, 0.15) is 0 Å². The molecule has 2 heterocycles. The number of aromatic nitrogens is 2. The van der Waals surface area contributed by atoms with E-state index in [0.29, 0.717) is 16.9 Å². The lowest BCUT2D eigenvalue weighted by Gasteiger charge is -2.32. The van der Waals surface area contributed by atoms with Crippen molar-refractivity contribution < 1.29 is 4.79 Å². The molecule has 1 aromatic heterocycles. The topological polar surface area (TPSA) is 61.0 Å². The third-order valence-electron chi connectivity index (χ3n) is 6.43. The molecule has 30 heavy (non-hydrogen) atoms. The van der Waals surface area contributed by atoms with Crippen molar-refractivity contribution in [3.63, 3.8) is 0 Å². The first kappa shape index (κ1) is 21.4. The molecule has 2 fully saturated rings. The molecule has 5 nitrogen and oxygen atoms in total. The molecule has 1 aromatic carbocycles. The van der Waals surface area contributed by atoms with Gasteiger partial charge in [0.2, 0.25) is 5.91 Å². The molecule has 162 valence electrons. The van der Waals surface area contributed by atoms with Crippen molar-refractivity contribution in [3.8, 4) is 0 Å². The molecule has 0 spiro atoms. The van der Waals surface area contributed by atoms with E-state index in [1.54, 1.807) is 0 Å². The van der Waals surface area contributed by atoms with Crippen LogP contribution >= 0.6 is 11.6 Å². The van der Waals surface area contributed by atoms with E-state index in [4.69, 9.17) is 11.6 Å². The van der Waals surface area contributed by atoms with Gasteiger partial charge in [0.25, 0.3) is 0 Å². The highest BCUT2D eigenvalue weighted by Gasteiger charge is 2.51. The Hall–Kier alpha value is -1.85. The number of nitrogens with one attached hydrogen (secondary N) is 2. The Bertz CT molecular complexity index is 856. The van der Waals surface area contributed by atoms with Crippen LogP contribution in [0.15, 0.2) is 30.3 Å². The highest BCUT2D eigenvalue weighted by molar-refractivity contribution is 6.30. The van der Waals surface area contributed by atoms with Crippen LogP contribution in [0.2, 0.25) is 5.02 Å². The summed E-state index contributed by atoms with van der Waals surface area (Å²) in [7, 11) is 0. The minimum absolute atomic E-state index is 0.175. The number of rotatable bonds is 8. The van der Waals surface area contributed by atoms with E-state index in [-0.39, 0.29) is 11.3 Å². The van der Waals surface area contributed by atoms with Gasteiger partial charge < -0.3 is 5.32 Å². The Morgan fingerprint density at radius 2 is 2.10 bits per heavy atom. The van der Waals surface area contributed by atoms with Crippen LogP contribution in [-0.4, -0.2) is 40.6 Å². The van der Waals surface area contributed by atoms with Crippen molar-refractivity contribution in [1.29, 1.82) is 0 Å². The van der Waals surface area contributed by atoms with Gasteiger partial charge in [-0.1, -0.05) is 37.6 Å². The maximum Gasteiger partial charge on any atom is 0.230 e. The number of hydrogen-bond donors (Lipinski definition) is 2. The molecule has 1 aliphatic carbocycles. The highest BCUT2D eigenvalue weighted by atomic mass is 35.5. The molecule has 0 unspecified atom stereocenters. The van der Waals surface area contributed by atoms with Crippen molar-refractivity contribution in [3.05, 3.63) is 52.3 Å². The maximum absolute atomic E-state index is 12.9. The zero-order chi connectivity index (χ0) is 21.1. The number of piperidine rings is 1. The van der Waals surface area contributed by atoms with Crippen LogP contribution in [0.4, 0.5) is 0 Å². The number of carbonyl (C=O) groups is 1. The van der Waals surface area contributed by atoms with Gasteiger partial charge in [-0.2, -0.15) is 5.10 Å². The molecule has 2 aliphatic rings. The van der Waals surface area contributed by atoms with E-state index in [0.717, 1.165) is 56.7 Å². The van der Waals surface area contributed by atoms with Crippen LogP contribution in [0.5, 0.6) is 0 Å². The van der Waals surface area contributed by atoms with Gasteiger partial charge in [-0.3, -0.25) is 14.8 Å². The molecular weight excluding hydrogens is 396 g/mol. The average Bonchev–Trinajstić information content (AvgIpc) is 3.42. The largest absolute Gasteiger partial charge is 0.355 e. The first-order valence-corrected chi connectivity index (χ1v) is 11.6. The van der Waals surface area contributed by atoms with Gasteiger partial charge in [0.05, 0.1) is 11.1 Å². The molecule has 1 saturated carbocycles. The summed E-state index contributed by atoms with van der Waals surface area (Å²) in [5, 5.41) is 11.6. The van der Waals surface area contributed by atoms with Crippen LogP contribution in [0, 0.1) is 11.8 Å². The lowest BCUT2D eigenvalue weighted by molar-refractivity contribution is -0.123. The highest BCUT2D eigenvalue weighted by Crippen LogP contribution is 2.48. The van der Waals surface area contributed by atoms with Gasteiger partial charge in [0.15, 0.2) is 0 Å². The van der Waals surface area contributed by atoms with Crippen LogP contribution in [0.1, 0.15) is 56.5 Å².